The van der Waals surface area contributed by atoms with Crippen molar-refractivity contribution in [2.24, 2.45) is 0 Å². The first-order valence-corrected chi connectivity index (χ1v) is 6.99. The van der Waals surface area contributed by atoms with Crippen molar-refractivity contribution in [3.8, 4) is 0 Å². The second kappa shape index (κ2) is 6.51. The molecule has 2 amide bonds. The predicted octanol–water partition coefficient (Wildman–Crippen LogP) is 2.94. The van der Waals surface area contributed by atoms with Crippen LogP contribution in [0.5, 0.6) is 0 Å². The molecule has 1 aliphatic rings. The first-order valence-electron chi connectivity index (χ1n) is 6.23. The minimum Gasteiger partial charge on any atom is -0.478 e. The van der Waals surface area contributed by atoms with E-state index in [4.69, 9.17) is 33.0 Å². The molecule has 0 spiro atoms. The highest BCUT2D eigenvalue weighted by Crippen LogP contribution is 2.32. The summed E-state index contributed by atoms with van der Waals surface area (Å²) in [5, 5.41) is 11.7. The van der Waals surface area contributed by atoms with E-state index in [2.05, 4.69) is 5.32 Å². The quantitative estimate of drug-likeness (QED) is 0.891. The fourth-order valence-electron chi connectivity index (χ4n) is 2.11. The molecule has 1 heterocycles. The molecule has 1 atom stereocenters. The maximum absolute atomic E-state index is 12.1. The van der Waals surface area contributed by atoms with Gasteiger partial charge in [0.15, 0.2) is 0 Å². The van der Waals surface area contributed by atoms with E-state index < -0.39 is 5.97 Å². The minimum atomic E-state index is -1.14. The van der Waals surface area contributed by atoms with Gasteiger partial charge in [0.25, 0.3) is 0 Å². The maximum Gasteiger partial charge on any atom is 0.335 e. The summed E-state index contributed by atoms with van der Waals surface area (Å²) in [5.41, 5.74) is 0.165. The van der Waals surface area contributed by atoms with Crippen LogP contribution in [0.25, 0.3) is 0 Å². The molecule has 1 fully saturated rings. The Morgan fingerprint density at radius 2 is 2.00 bits per heavy atom. The highest BCUT2D eigenvalue weighted by molar-refractivity contribution is 6.40. The molecule has 0 saturated carbocycles. The van der Waals surface area contributed by atoms with E-state index in [1.807, 2.05) is 0 Å². The molecule has 1 aliphatic heterocycles. The fraction of sp³-hybridized carbons (Fsp3) is 0.385. The number of ether oxygens (including phenoxy) is 1. The number of hydrogen-bond donors (Lipinski definition) is 2. The molecule has 2 rings (SSSR count). The molecule has 6 nitrogen and oxygen atoms in total. The van der Waals surface area contributed by atoms with Crippen molar-refractivity contribution in [1.29, 1.82) is 0 Å². The van der Waals surface area contributed by atoms with Crippen molar-refractivity contribution in [3.63, 3.8) is 0 Å². The van der Waals surface area contributed by atoms with E-state index in [1.165, 1.54) is 12.1 Å². The van der Waals surface area contributed by atoms with Crippen LogP contribution >= 0.6 is 23.2 Å². The zero-order valence-electron chi connectivity index (χ0n) is 11.2. The van der Waals surface area contributed by atoms with Crippen LogP contribution in [0.1, 0.15) is 16.8 Å². The number of likely N-dealkylation sites (tertiary alicyclic amines) is 1. The number of nitrogens with one attached hydrogen (secondary N) is 1. The van der Waals surface area contributed by atoms with E-state index in [9.17, 15) is 9.59 Å². The zero-order chi connectivity index (χ0) is 15.6. The van der Waals surface area contributed by atoms with Gasteiger partial charge in [0, 0.05) is 20.2 Å². The average molecular weight is 333 g/mol. The topological polar surface area (TPSA) is 78.9 Å². The monoisotopic (exact) mass is 332 g/mol. The number of carbonyl (C=O) groups excluding carboxylic acids is 1. The Balaban J connectivity index is 2.13. The number of benzene rings is 1. The summed E-state index contributed by atoms with van der Waals surface area (Å²) < 4.78 is 5.19. The standard InChI is InChI=1S/C13H14Cl2N2O4/c1-21-8-2-3-17(6-8)13(20)16-11-9(14)4-7(12(18)19)5-10(11)15/h4-5,8H,2-3,6H2,1H3,(H,16,20)(H,18,19). The number of amides is 2. The predicted molar refractivity (Wildman–Crippen MR) is 79.4 cm³/mol. The van der Waals surface area contributed by atoms with Crippen molar-refractivity contribution in [2.75, 3.05) is 25.5 Å². The van der Waals surface area contributed by atoms with Gasteiger partial charge in [-0.05, 0) is 18.6 Å². The van der Waals surface area contributed by atoms with Crippen LogP contribution in [0.2, 0.25) is 10.0 Å². The van der Waals surface area contributed by atoms with E-state index in [0.29, 0.717) is 13.1 Å². The molecule has 114 valence electrons. The Kier molecular flexibility index (Phi) is 4.92. The highest BCUT2D eigenvalue weighted by Gasteiger charge is 2.27. The Morgan fingerprint density at radius 3 is 2.48 bits per heavy atom. The van der Waals surface area contributed by atoms with Crippen molar-refractivity contribution >= 4 is 40.9 Å². The first kappa shape index (κ1) is 15.9. The van der Waals surface area contributed by atoms with Gasteiger partial charge in [0.05, 0.1) is 27.4 Å². The fourth-order valence-corrected chi connectivity index (χ4v) is 2.69. The van der Waals surface area contributed by atoms with Gasteiger partial charge in [-0.15, -0.1) is 0 Å². The average Bonchev–Trinajstić information content (AvgIpc) is 2.91. The number of rotatable bonds is 3. The third-order valence-electron chi connectivity index (χ3n) is 3.29. The molecule has 1 saturated heterocycles. The smallest absolute Gasteiger partial charge is 0.335 e. The van der Waals surface area contributed by atoms with Crippen LogP contribution in [-0.4, -0.2) is 48.3 Å². The van der Waals surface area contributed by atoms with Crippen molar-refractivity contribution in [3.05, 3.63) is 27.7 Å². The molecule has 1 unspecified atom stereocenters. The van der Waals surface area contributed by atoms with Gasteiger partial charge < -0.3 is 20.1 Å². The summed E-state index contributed by atoms with van der Waals surface area (Å²) >= 11 is 12.0. The minimum absolute atomic E-state index is 0.0241. The molecule has 21 heavy (non-hydrogen) atoms. The molecule has 0 aliphatic carbocycles. The molecular weight excluding hydrogens is 319 g/mol. The number of methoxy groups -OCH3 is 1. The zero-order valence-corrected chi connectivity index (χ0v) is 12.7. The lowest BCUT2D eigenvalue weighted by Crippen LogP contribution is -2.34. The number of carboxylic acid groups (broad SMARTS) is 1. The SMILES string of the molecule is COC1CCN(C(=O)Nc2c(Cl)cc(C(=O)O)cc2Cl)C1. The number of anilines is 1. The second-order valence-corrected chi connectivity index (χ2v) is 5.46. The van der Waals surface area contributed by atoms with Crippen LogP contribution in [0.15, 0.2) is 12.1 Å². The van der Waals surface area contributed by atoms with Gasteiger partial charge in [-0.25, -0.2) is 9.59 Å². The highest BCUT2D eigenvalue weighted by atomic mass is 35.5. The van der Waals surface area contributed by atoms with E-state index in [0.717, 1.165) is 6.42 Å². The summed E-state index contributed by atoms with van der Waals surface area (Å²) in [6.45, 7) is 1.07. The summed E-state index contributed by atoms with van der Waals surface area (Å²) in [6, 6.07) is 2.14. The van der Waals surface area contributed by atoms with Gasteiger partial charge in [0.1, 0.15) is 0 Å². The summed E-state index contributed by atoms with van der Waals surface area (Å²) in [6.07, 6.45) is 0.791. The Hall–Kier alpha value is -1.50. The molecule has 8 heteroatoms. The van der Waals surface area contributed by atoms with Gasteiger partial charge in [0.2, 0.25) is 0 Å². The number of halogens is 2. The summed E-state index contributed by atoms with van der Waals surface area (Å²) in [4.78, 5) is 24.6. The maximum atomic E-state index is 12.1. The number of nitrogens with zero attached hydrogens (tertiary/aromatic N) is 1. The molecule has 2 N–H and O–H groups in total. The lowest BCUT2D eigenvalue weighted by Gasteiger charge is -2.18. The third kappa shape index (κ3) is 3.58. The Bertz CT molecular complexity index is 556. The van der Waals surface area contributed by atoms with Gasteiger partial charge in [-0.3, -0.25) is 0 Å². The number of carboxylic acids is 1. The first-order chi connectivity index (χ1) is 9.92. The van der Waals surface area contributed by atoms with E-state index >= 15 is 0 Å². The number of aromatic carboxylic acids is 1. The molecule has 0 aromatic heterocycles. The van der Waals surface area contributed by atoms with Crippen LogP contribution in [0.3, 0.4) is 0 Å². The normalized spacial score (nSPS) is 17.9. The molecule has 1 aromatic rings. The summed E-state index contributed by atoms with van der Waals surface area (Å²) in [5.74, 6) is -1.14. The summed E-state index contributed by atoms with van der Waals surface area (Å²) in [7, 11) is 1.60. The third-order valence-corrected chi connectivity index (χ3v) is 3.88. The lowest BCUT2D eigenvalue weighted by atomic mass is 10.2. The molecule has 1 aromatic carbocycles. The number of urea groups is 1. The number of carbonyl (C=O) groups is 2. The van der Waals surface area contributed by atoms with Gasteiger partial charge in [-0.2, -0.15) is 0 Å². The molecule has 0 radical (unpaired) electrons. The van der Waals surface area contributed by atoms with Crippen molar-refractivity contribution in [2.45, 2.75) is 12.5 Å². The lowest BCUT2D eigenvalue weighted by molar-refractivity contribution is 0.0697. The van der Waals surface area contributed by atoms with E-state index in [1.54, 1.807) is 12.0 Å². The van der Waals surface area contributed by atoms with E-state index in [-0.39, 0.29) is 33.4 Å². The Labute approximate surface area is 131 Å². The molecular formula is C13H14Cl2N2O4. The molecule has 0 bridgehead atoms. The second-order valence-electron chi connectivity index (χ2n) is 4.64. The Morgan fingerprint density at radius 1 is 1.38 bits per heavy atom. The van der Waals surface area contributed by atoms with Crippen LogP contribution in [-0.2, 0) is 4.74 Å². The largest absolute Gasteiger partial charge is 0.478 e. The van der Waals surface area contributed by atoms with Crippen LogP contribution in [0.4, 0.5) is 10.5 Å². The number of hydrogen-bond acceptors (Lipinski definition) is 3. The van der Waals surface area contributed by atoms with Gasteiger partial charge >= 0.3 is 12.0 Å². The van der Waals surface area contributed by atoms with Crippen LogP contribution < -0.4 is 5.32 Å². The van der Waals surface area contributed by atoms with Gasteiger partial charge in [-0.1, -0.05) is 23.2 Å². The van der Waals surface area contributed by atoms with Crippen LogP contribution in [0, 0.1) is 0 Å². The van der Waals surface area contributed by atoms with Crippen molar-refractivity contribution in [1.82, 2.24) is 4.90 Å². The van der Waals surface area contributed by atoms with Crippen molar-refractivity contribution < 1.29 is 19.4 Å².